The molecule has 1 aliphatic carbocycles. The van der Waals surface area contributed by atoms with Crippen molar-refractivity contribution in [3.05, 3.63) is 35.9 Å². The van der Waals surface area contributed by atoms with Gasteiger partial charge < -0.3 is 32.3 Å². The van der Waals surface area contributed by atoms with Gasteiger partial charge in [-0.05, 0) is 55.5 Å². The molecule has 0 unspecified atom stereocenters. The number of carbonyl (C=O) groups excluding carboxylic acids is 5. The van der Waals surface area contributed by atoms with Crippen molar-refractivity contribution in [2.75, 3.05) is 7.05 Å². The molecule has 2 rings (SSSR count). The lowest BCUT2D eigenvalue weighted by molar-refractivity contribution is -0.135. The highest BCUT2D eigenvalue weighted by molar-refractivity contribution is 5.96. The number of nitrogens with one attached hydrogen (secondary N) is 5. The van der Waals surface area contributed by atoms with E-state index in [0.29, 0.717) is 19.3 Å². The SMILES string of the molecule is CN[C@H](CC(C)C)C(=O)N[C@@H](C(=O)N[C@H](Cc1ccccc1)C(=O)N[C@H](CC1CCCCC1)C(=O)N[C@H](CC(C)C)C(N)=O)C(C)C. The van der Waals surface area contributed by atoms with Gasteiger partial charge in [-0.15, -0.1) is 0 Å². The van der Waals surface area contributed by atoms with Crippen LogP contribution < -0.4 is 32.3 Å². The van der Waals surface area contributed by atoms with Gasteiger partial charge in [0.15, 0.2) is 0 Å². The van der Waals surface area contributed by atoms with Crippen molar-refractivity contribution in [2.24, 2.45) is 29.4 Å². The molecular weight excluding hydrogens is 596 g/mol. The van der Waals surface area contributed by atoms with Gasteiger partial charge in [-0.1, -0.05) is 104 Å². The Kier molecular flexibility index (Phi) is 16.9. The van der Waals surface area contributed by atoms with Gasteiger partial charge in [-0.3, -0.25) is 24.0 Å². The molecule has 11 nitrogen and oxygen atoms in total. The molecule has 5 atom stereocenters. The van der Waals surface area contributed by atoms with Crippen molar-refractivity contribution in [3.63, 3.8) is 0 Å². The number of primary amides is 1. The Labute approximate surface area is 281 Å². The molecule has 7 N–H and O–H groups in total. The van der Waals surface area contributed by atoms with Crippen molar-refractivity contribution in [3.8, 4) is 0 Å². The van der Waals surface area contributed by atoms with Gasteiger partial charge in [0.1, 0.15) is 24.2 Å². The summed E-state index contributed by atoms with van der Waals surface area (Å²) < 4.78 is 0. The minimum Gasteiger partial charge on any atom is -0.368 e. The van der Waals surface area contributed by atoms with Crippen molar-refractivity contribution in [1.29, 1.82) is 0 Å². The van der Waals surface area contributed by atoms with E-state index in [-0.39, 0.29) is 36.0 Å². The normalized spacial score (nSPS) is 17.0. The number of carbonyl (C=O) groups is 5. The van der Waals surface area contributed by atoms with Gasteiger partial charge in [0.2, 0.25) is 29.5 Å². The maximum absolute atomic E-state index is 14.0. The second-order valence-corrected chi connectivity index (χ2v) is 14.3. The quantitative estimate of drug-likeness (QED) is 0.134. The summed E-state index contributed by atoms with van der Waals surface area (Å²) in [4.78, 5) is 66.8. The fraction of sp³-hybridized carbons (Fsp3) is 0.694. The van der Waals surface area contributed by atoms with Gasteiger partial charge in [-0.2, -0.15) is 0 Å². The molecule has 1 saturated carbocycles. The van der Waals surface area contributed by atoms with E-state index in [1.807, 2.05) is 71.9 Å². The summed E-state index contributed by atoms with van der Waals surface area (Å²) in [7, 11) is 1.71. The van der Waals surface area contributed by atoms with Crippen molar-refractivity contribution >= 4 is 29.5 Å². The monoisotopic (exact) mass is 656 g/mol. The van der Waals surface area contributed by atoms with Crippen LogP contribution in [-0.4, -0.2) is 66.8 Å². The fourth-order valence-corrected chi connectivity index (χ4v) is 6.19. The number of nitrogens with two attached hydrogens (primary N) is 1. The van der Waals surface area contributed by atoms with E-state index in [4.69, 9.17) is 5.73 Å². The second-order valence-electron chi connectivity index (χ2n) is 14.3. The Hall–Kier alpha value is -3.47. The maximum atomic E-state index is 14.0. The summed E-state index contributed by atoms with van der Waals surface area (Å²) in [6.45, 7) is 11.6. The number of amides is 5. The number of hydrogen-bond acceptors (Lipinski definition) is 6. The summed E-state index contributed by atoms with van der Waals surface area (Å²) in [5.74, 6) is -2.00. The number of hydrogen-bond donors (Lipinski definition) is 6. The third kappa shape index (κ3) is 14.0. The summed E-state index contributed by atoms with van der Waals surface area (Å²) in [6, 6.07) is 5.17. The van der Waals surface area contributed by atoms with E-state index in [0.717, 1.165) is 37.7 Å². The van der Waals surface area contributed by atoms with Crippen molar-refractivity contribution < 1.29 is 24.0 Å². The Bertz CT molecular complexity index is 1150. The van der Waals surface area contributed by atoms with Crippen LogP contribution in [0.3, 0.4) is 0 Å². The van der Waals surface area contributed by atoms with E-state index in [1.165, 1.54) is 0 Å². The third-order valence-corrected chi connectivity index (χ3v) is 8.83. The molecule has 5 amide bonds. The van der Waals surface area contributed by atoms with Crippen LogP contribution in [0.25, 0.3) is 0 Å². The van der Waals surface area contributed by atoms with Crippen LogP contribution in [0.1, 0.15) is 98.5 Å². The zero-order valence-corrected chi connectivity index (χ0v) is 29.6. The average Bonchev–Trinajstić information content (AvgIpc) is 3.01. The second kappa shape index (κ2) is 20.0. The first-order valence-electron chi connectivity index (χ1n) is 17.4. The molecule has 11 heteroatoms. The highest BCUT2D eigenvalue weighted by Crippen LogP contribution is 2.27. The Morgan fingerprint density at radius 2 is 1.19 bits per heavy atom. The fourth-order valence-electron chi connectivity index (χ4n) is 6.19. The molecular formula is C36H60N6O5. The first kappa shape index (κ1) is 39.7. The zero-order valence-electron chi connectivity index (χ0n) is 29.6. The summed E-state index contributed by atoms with van der Waals surface area (Å²) >= 11 is 0. The highest BCUT2D eigenvalue weighted by Gasteiger charge is 2.34. The lowest BCUT2D eigenvalue weighted by atomic mass is 9.84. The molecule has 47 heavy (non-hydrogen) atoms. The first-order chi connectivity index (χ1) is 22.2. The third-order valence-electron chi connectivity index (χ3n) is 8.83. The smallest absolute Gasteiger partial charge is 0.243 e. The maximum Gasteiger partial charge on any atom is 0.243 e. The average molecular weight is 657 g/mol. The Balaban J connectivity index is 2.34. The predicted molar refractivity (Wildman–Crippen MR) is 185 cm³/mol. The largest absolute Gasteiger partial charge is 0.368 e. The summed E-state index contributed by atoms with van der Waals surface area (Å²) in [5.41, 5.74) is 6.45. The van der Waals surface area contributed by atoms with Crippen LogP contribution in [0.2, 0.25) is 0 Å². The van der Waals surface area contributed by atoms with E-state index >= 15 is 0 Å². The molecule has 0 bridgehead atoms. The molecule has 0 aliphatic heterocycles. The Morgan fingerprint density at radius 1 is 0.681 bits per heavy atom. The van der Waals surface area contributed by atoms with Gasteiger partial charge in [-0.25, -0.2) is 0 Å². The number of benzene rings is 1. The van der Waals surface area contributed by atoms with Crippen LogP contribution in [0.5, 0.6) is 0 Å². The van der Waals surface area contributed by atoms with Gasteiger partial charge >= 0.3 is 0 Å². The van der Waals surface area contributed by atoms with E-state index in [1.54, 1.807) is 7.05 Å². The molecule has 0 spiro atoms. The van der Waals surface area contributed by atoms with Gasteiger partial charge in [0.05, 0.1) is 6.04 Å². The van der Waals surface area contributed by atoms with Crippen LogP contribution in [0.15, 0.2) is 30.3 Å². The van der Waals surface area contributed by atoms with E-state index < -0.39 is 53.8 Å². The van der Waals surface area contributed by atoms with Crippen LogP contribution in [0, 0.1) is 23.7 Å². The molecule has 264 valence electrons. The molecule has 0 aromatic heterocycles. The van der Waals surface area contributed by atoms with Crippen molar-refractivity contribution in [2.45, 2.75) is 130 Å². The van der Waals surface area contributed by atoms with E-state index in [9.17, 15) is 24.0 Å². The highest BCUT2D eigenvalue weighted by atomic mass is 16.2. The molecule has 1 aromatic rings. The molecule has 1 aliphatic rings. The van der Waals surface area contributed by atoms with Crippen LogP contribution in [0.4, 0.5) is 0 Å². The molecule has 0 radical (unpaired) electrons. The van der Waals surface area contributed by atoms with E-state index in [2.05, 4.69) is 26.6 Å². The minimum atomic E-state index is -1.02. The predicted octanol–water partition coefficient (Wildman–Crippen LogP) is 2.96. The zero-order chi connectivity index (χ0) is 35.1. The molecule has 0 heterocycles. The Morgan fingerprint density at radius 3 is 1.72 bits per heavy atom. The topological polar surface area (TPSA) is 172 Å². The number of rotatable bonds is 19. The first-order valence-corrected chi connectivity index (χ1v) is 17.4. The molecule has 1 fully saturated rings. The lowest BCUT2D eigenvalue weighted by Crippen LogP contribution is -2.60. The van der Waals surface area contributed by atoms with Crippen LogP contribution >= 0.6 is 0 Å². The van der Waals surface area contributed by atoms with Gasteiger partial charge in [0.25, 0.3) is 0 Å². The van der Waals surface area contributed by atoms with Crippen LogP contribution in [-0.2, 0) is 30.4 Å². The standard InChI is InChI=1S/C36H60N6O5/c1-22(2)18-27(32(37)43)39-34(45)29(20-25-14-10-8-11-15-25)40-35(46)30(21-26-16-12-9-13-17-26)41-36(47)31(24(5)6)42-33(44)28(38-7)19-23(3)4/h9,12-13,16-17,22-25,27-31,38H,8,10-11,14-15,18-21H2,1-7H3,(H2,37,43)(H,39,45)(H,40,46)(H,41,47)(H,42,44)/t27-,28-,29-,30-,31-/m1/s1. The summed E-state index contributed by atoms with van der Waals surface area (Å²) in [5, 5.41) is 14.5. The number of likely N-dealkylation sites (N-methyl/N-ethyl adjacent to an activating group) is 1. The molecule has 1 aromatic carbocycles. The van der Waals surface area contributed by atoms with Gasteiger partial charge in [0, 0.05) is 6.42 Å². The lowest BCUT2D eigenvalue weighted by Gasteiger charge is -2.30. The summed E-state index contributed by atoms with van der Waals surface area (Å²) in [6.07, 6.45) is 6.75. The van der Waals surface area contributed by atoms with Crippen molar-refractivity contribution in [1.82, 2.24) is 26.6 Å². The minimum absolute atomic E-state index is 0.118. The molecule has 0 saturated heterocycles.